The molecule has 1 N–H and O–H groups in total. The third-order valence-electron chi connectivity index (χ3n) is 3.65. The molecule has 0 saturated heterocycles. The highest BCUT2D eigenvalue weighted by Crippen LogP contribution is 2.28. The van der Waals surface area contributed by atoms with Crippen molar-refractivity contribution < 1.29 is 23.8 Å². The van der Waals surface area contributed by atoms with Crippen molar-refractivity contribution in [2.45, 2.75) is 33.7 Å². The minimum atomic E-state index is -0.619. The highest BCUT2D eigenvalue weighted by molar-refractivity contribution is 5.81. The second-order valence-electron chi connectivity index (χ2n) is 5.96. The Labute approximate surface area is 149 Å². The first kappa shape index (κ1) is 20.5. The Morgan fingerprint density at radius 2 is 1.88 bits per heavy atom. The molecule has 0 unspecified atom stereocenters. The van der Waals surface area contributed by atoms with E-state index in [0.29, 0.717) is 17.4 Å². The van der Waals surface area contributed by atoms with E-state index in [-0.39, 0.29) is 25.2 Å². The molecular weight excluding hydrogens is 322 g/mol. The number of esters is 1. The Morgan fingerprint density at radius 3 is 2.48 bits per heavy atom. The first-order chi connectivity index (χ1) is 11.9. The van der Waals surface area contributed by atoms with Crippen LogP contribution in [0.4, 0.5) is 0 Å². The monoisotopic (exact) mass is 349 g/mol. The lowest BCUT2D eigenvalue weighted by Crippen LogP contribution is -2.39. The number of methoxy groups -OCH3 is 1. The van der Waals surface area contributed by atoms with Gasteiger partial charge in [0.2, 0.25) is 0 Å². The molecule has 0 aromatic heterocycles. The van der Waals surface area contributed by atoms with E-state index < -0.39 is 5.97 Å². The van der Waals surface area contributed by atoms with Crippen molar-refractivity contribution in [2.24, 2.45) is 5.92 Å². The Bertz CT molecular complexity index is 610. The Kier molecular flexibility index (Phi) is 8.53. The molecule has 0 heterocycles. The molecule has 138 valence electrons. The van der Waals surface area contributed by atoms with Crippen LogP contribution in [0.5, 0.6) is 11.5 Å². The third-order valence-corrected chi connectivity index (χ3v) is 3.65. The highest BCUT2D eigenvalue weighted by atomic mass is 16.6. The predicted octanol–water partition coefficient (Wildman–Crippen LogP) is 2.81. The Morgan fingerprint density at radius 1 is 1.16 bits per heavy atom. The van der Waals surface area contributed by atoms with E-state index in [2.05, 4.69) is 5.32 Å². The van der Waals surface area contributed by atoms with Gasteiger partial charge in [0.05, 0.1) is 7.11 Å². The molecule has 6 nitrogen and oxygen atoms in total. The van der Waals surface area contributed by atoms with Gasteiger partial charge in [0.25, 0.3) is 5.91 Å². The van der Waals surface area contributed by atoms with E-state index in [9.17, 15) is 9.59 Å². The molecular formula is C19H27NO5. The van der Waals surface area contributed by atoms with Gasteiger partial charge in [0.1, 0.15) is 0 Å². The van der Waals surface area contributed by atoms with Crippen LogP contribution in [0.25, 0.3) is 6.08 Å². The number of hydrogen-bond donors (Lipinski definition) is 1. The molecule has 0 spiro atoms. The topological polar surface area (TPSA) is 73.9 Å². The summed E-state index contributed by atoms with van der Waals surface area (Å²) in [4.78, 5) is 23.4. The zero-order chi connectivity index (χ0) is 18.8. The van der Waals surface area contributed by atoms with Gasteiger partial charge in [-0.1, -0.05) is 32.1 Å². The van der Waals surface area contributed by atoms with E-state index in [0.717, 1.165) is 5.56 Å². The van der Waals surface area contributed by atoms with E-state index in [1.54, 1.807) is 12.1 Å². The number of benzene rings is 1. The molecule has 0 saturated carbocycles. The fourth-order valence-corrected chi connectivity index (χ4v) is 1.89. The van der Waals surface area contributed by atoms with E-state index >= 15 is 0 Å². The number of ether oxygens (including phenoxy) is 3. The lowest BCUT2D eigenvalue weighted by atomic mass is 10.1. The molecule has 0 bridgehead atoms. The van der Waals surface area contributed by atoms with Crippen LogP contribution in [-0.2, 0) is 14.3 Å². The maximum absolute atomic E-state index is 11.7. The molecule has 1 aromatic carbocycles. The summed E-state index contributed by atoms with van der Waals surface area (Å²) < 4.78 is 15.6. The summed E-state index contributed by atoms with van der Waals surface area (Å²) in [6, 6.07) is 5.39. The normalized spacial score (nSPS) is 12.1. The van der Waals surface area contributed by atoms with Crippen LogP contribution < -0.4 is 14.8 Å². The average Bonchev–Trinajstić information content (AvgIpc) is 2.58. The van der Waals surface area contributed by atoms with Gasteiger partial charge in [0, 0.05) is 6.04 Å². The number of amides is 1. The SMILES string of the molecule is C/C=C/c1ccc(OCC(=O)OCC(=O)N[C@H](C)C(C)C)c(OC)c1. The van der Waals surface area contributed by atoms with Crippen molar-refractivity contribution in [1.82, 2.24) is 5.32 Å². The van der Waals surface area contributed by atoms with Crippen LogP contribution in [0.3, 0.4) is 0 Å². The lowest BCUT2D eigenvalue weighted by molar-refractivity contribution is -0.150. The molecule has 0 aliphatic carbocycles. The standard InChI is InChI=1S/C19H27NO5/c1-6-7-15-8-9-16(17(10-15)23-5)24-12-19(22)25-11-18(21)20-14(4)13(2)3/h6-10,13-14H,11-12H2,1-5H3,(H,20,21)/b7-6+/t14-/m1/s1. The number of carbonyl (C=O) groups is 2. The highest BCUT2D eigenvalue weighted by Gasteiger charge is 2.14. The summed E-state index contributed by atoms with van der Waals surface area (Å²) in [5, 5.41) is 2.76. The predicted molar refractivity (Wildman–Crippen MR) is 96.6 cm³/mol. The van der Waals surface area contributed by atoms with E-state index in [4.69, 9.17) is 14.2 Å². The lowest BCUT2D eigenvalue weighted by Gasteiger charge is -2.17. The van der Waals surface area contributed by atoms with Crippen molar-refractivity contribution in [2.75, 3.05) is 20.3 Å². The summed E-state index contributed by atoms with van der Waals surface area (Å²) in [7, 11) is 1.53. The third kappa shape index (κ3) is 7.28. The number of nitrogens with one attached hydrogen (secondary N) is 1. The van der Waals surface area contributed by atoms with Crippen LogP contribution >= 0.6 is 0 Å². The van der Waals surface area contributed by atoms with Crippen LogP contribution in [0.1, 0.15) is 33.3 Å². The molecule has 1 rings (SSSR count). The molecule has 6 heteroatoms. The molecule has 0 aliphatic rings. The van der Waals surface area contributed by atoms with Crippen LogP contribution in [0.15, 0.2) is 24.3 Å². The maximum Gasteiger partial charge on any atom is 0.344 e. The molecule has 25 heavy (non-hydrogen) atoms. The zero-order valence-corrected chi connectivity index (χ0v) is 15.5. The summed E-state index contributed by atoms with van der Waals surface area (Å²) in [6.45, 7) is 7.20. The van der Waals surface area contributed by atoms with Crippen molar-refractivity contribution in [3.05, 3.63) is 29.8 Å². The van der Waals surface area contributed by atoms with Crippen molar-refractivity contribution >= 4 is 18.0 Å². The Hall–Kier alpha value is -2.50. The Balaban J connectivity index is 2.47. The fourth-order valence-electron chi connectivity index (χ4n) is 1.89. The van der Waals surface area contributed by atoms with Gasteiger partial charge in [-0.25, -0.2) is 4.79 Å². The van der Waals surface area contributed by atoms with Crippen molar-refractivity contribution in [3.63, 3.8) is 0 Å². The van der Waals surface area contributed by atoms with Gasteiger partial charge in [-0.05, 0) is 37.5 Å². The average molecular weight is 349 g/mol. The second-order valence-corrected chi connectivity index (χ2v) is 5.96. The largest absolute Gasteiger partial charge is 0.493 e. The molecule has 1 aromatic rings. The molecule has 0 aliphatic heterocycles. The van der Waals surface area contributed by atoms with Gasteiger partial charge >= 0.3 is 5.97 Å². The maximum atomic E-state index is 11.7. The smallest absolute Gasteiger partial charge is 0.344 e. The summed E-state index contributed by atoms with van der Waals surface area (Å²) in [5.41, 5.74) is 0.963. The van der Waals surface area contributed by atoms with E-state index in [1.165, 1.54) is 7.11 Å². The minimum Gasteiger partial charge on any atom is -0.493 e. The van der Waals surface area contributed by atoms with Gasteiger partial charge in [-0.3, -0.25) is 4.79 Å². The number of allylic oxidation sites excluding steroid dienone is 1. The van der Waals surface area contributed by atoms with Crippen LogP contribution in [0, 0.1) is 5.92 Å². The molecule has 1 atom stereocenters. The fraction of sp³-hybridized carbons (Fsp3) is 0.474. The van der Waals surface area contributed by atoms with Crippen molar-refractivity contribution in [1.29, 1.82) is 0 Å². The summed E-state index contributed by atoms with van der Waals surface area (Å²) >= 11 is 0. The zero-order valence-electron chi connectivity index (χ0n) is 15.5. The molecule has 0 fully saturated rings. The first-order valence-corrected chi connectivity index (χ1v) is 8.25. The van der Waals surface area contributed by atoms with Gasteiger partial charge in [-0.2, -0.15) is 0 Å². The summed E-state index contributed by atoms with van der Waals surface area (Å²) in [6.07, 6.45) is 3.84. The summed E-state index contributed by atoms with van der Waals surface area (Å²) in [5.74, 6) is 0.313. The van der Waals surface area contributed by atoms with Gasteiger partial charge < -0.3 is 19.5 Å². The quantitative estimate of drug-likeness (QED) is 0.694. The number of rotatable bonds is 9. The first-order valence-electron chi connectivity index (χ1n) is 8.25. The second kappa shape index (κ2) is 10.4. The van der Waals surface area contributed by atoms with Crippen molar-refractivity contribution in [3.8, 4) is 11.5 Å². The van der Waals surface area contributed by atoms with E-state index in [1.807, 2.05) is 45.9 Å². The van der Waals surface area contributed by atoms with Crippen LogP contribution in [0.2, 0.25) is 0 Å². The van der Waals surface area contributed by atoms with Gasteiger partial charge in [-0.15, -0.1) is 0 Å². The molecule has 1 amide bonds. The minimum absolute atomic E-state index is 0.0161. The van der Waals surface area contributed by atoms with Gasteiger partial charge in [0.15, 0.2) is 24.7 Å². The number of hydrogen-bond acceptors (Lipinski definition) is 5. The molecule has 0 radical (unpaired) electrons. The number of carbonyl (C=O) groups excluding carboxylic acids is 2. The van der Waals surface area contributed by atoms with Crippen LogP contribution in [-0.4, -0.2) is 38.2 Å².